The van der Waals surface area contributed by atoms with E-state index in [1.165, 1.54) is 7.11 Å². The van der Waals surface area contributed by atoms with Crippen molar-refractivity contribution in [3.8, 4) is 0 Å². The lowest BCUT2D eigenvalue weighted by Gasteiger charge is -2.23. The Morgan fingerprint density at radius 2 is 2.25 bits per heavy atom. The van der Waals surface area contributed by atoms with Crippen molar-refractivity contribution in [1.82, 2.24) is 0 Å². The van der Waals surface area contributed by atoms with Crippen LogP contribution in [0.5, 0.6) is 0 Å². The summed E-state index contributed by atoms with van der Waals surface area (Å²) in [6.07, 6.45) is 0.929. The highest BCUT2D eigenvalue weighted by molar-refractivity contribution is 5.80. The summed E-state index contributed by atoms with van der Waals surface area (Å²) in [7, 11) is 1.24. The summed E-state index contributed by atoms with van der Waals surface area (Å²) in [5, 5.41) is 8.85. The third-order valence-corrected chi connectivity index (χ3v) is 1.70. The smallest absolute Gasteiger partial charge is 0.328 e. The number of hydrogen-bond donors (Lipinski definition) is 3. The Labute approximate surface area is 71.7 Å². The van der Waals surface area contributed by atoms with E-state index in [1.54, 1.807) is 0 Å². The summed E-state index contributed by atoms with van der Waals surface area (Å²) < 4.78 is 4.44. The first-order chi connectivity index (χ1) is 5.60. The van der Waals surface area contributed by atoms with Gasteiger partial charge in [-0.25, -0.2) is 4.79 Å². The van der Waals surface area contributed by atoms with Crippen LogP contribution in [0.4, 0.5) is 0 Å². The van der Waals surface area contributed by atoms with E-state index >= 15 is 0 Å². The minimum atomic E-state index is -1.28. The summed E-state index contributed by atoms with van der Waals surface area (Å²) in [6, 6.07) is 0. The van der Waals surface area contributed by atoms with Crippen LogP contribution in [0.25, 0.3) is 0 Å². The third-order valence-electron chi connectivity index (χ3n) is 1.70. The molecule has 0 aromatic heterocycles. The van der Waals surface area contributed by atoms with E-state index in [9.17, 15) is 4.79 Å². The molecule has 0 aromatic rings. The molecule has 0 saturated heterocycles. The average Bonchev–Trinajstić information content (AvgIpc) is 2.12. The molecule has 0 fully saturated rings. The van der Waals surface area contributed by atoms with Gasteiger partial charge in [0.25, 0.3) is 0 Å². The molecule has 0 aromatic carbocycles. The molecule has 0 aliphatic heterocycles. The summed E-state index contributed by atoms with van der Waals surface area (Å²) in [5.74, 6) is -0.599. The normalized spacial score (nSPS) is 15.3. The molecule has 0 spiro atoms. The van der Waals surface area contributed by atoms with Gasteiger partial charge in [0.15, 0.2) is 0 Å². The zero-order valence-corrected chi connectivity index (χ0v) is 7.25. The molecule has 0 saturated carbocycles. The molecule has 0 heterocycles. The van der Waals surface area contributed by atoms with Crippen molar-refractivity contribution in [2.45, 2.75) is 18.4 Å². The van der Waals surface area contributed by atoms with Gasteiger partial charge < -0.3 is 21.3 Å². The quantitative estimate of drug-likeness (QED) is 0.447. The van der Waals surface area contributed by atoms with Crippen molar-refractivity contribution < 1.29 is 14.6 Å². The minimum Gasteiger partial charge on any atom is -0.468 e. The second kappa shape index (κ2) is 5.08. The molecule has 12 heavy (non-hydrogen) atoms. The Bertz CT molecular complexity index is 152. The molecule has 72 valence electrons. The van der Waals surface area contributed by atoms with Crippen LogP contribution in [0.1, 0.15) is 12.8 Å². The Morgan fingerprint density at radius 3 is 2.58 bits per heavy atom. The van der Waals surface area contributed by atoms with E-state index in [2.05, 4.69) is 4.74 Å². The maximum Gasteiger partial charge on any atom is 0.328 e. The first-order valence-electron chi connectivity index (χ1n) is 3.79. The molecule has 1 atom stereocenters. The van der Waals surface area contributed by atoms with Gasteiger partial charge in [0.05, 0.1) is 13.7 Å². The van der Waals surface area contributed by atoms with Crippen molar-refractivity contribution in [2.75, 3.05) is 20.3 Å². The molecule has 5 nitrogen and oxygen atoms in total. The van der Waals surface area contributed by atoms with E-state index < -0.39 is 18.1 Å². The van der Waals surface area contributed by atoms with Crippen LogP contribution in [-0.4, -0.2) is 36.9 Å². The van der Waals surface area contributed by atoms with E-state index in [0.717, 1.165) is 0 Å². The van der Waals surface area contributed by atoms with Gasteiger partial charge >= 0.3 is 5.97 Å². The fourth-order valence-corrected chi connectivity index (χ4v) is 0.866. The zero-order valence-electron chi connectivity index (χ0n) is 7.25. The number of nitrogens with two attached hydrogens (primary N) is 2. The molecule has 0 amide bonds. The van der Waals surface area contributed by atoms with E-state index in [4.69, 9.17) is 16.6 Å². The predicted molar refractivity (Wildman–Crippen MR) is 44.3 cm³/mol. The lowest BCUT2D eigenvalue weighted by Crippen LogP contribution is -2.52. The van der Waals surface area contributed by atoms with Gasteiger partial charge in [0.1, 0.15) is 5.54 Å². The van der Waals surface area contributed by atoms with Gasteiger partial charge in [-0.15, -0.1) is 0 Å². The Morgan fingerprint density at radius 1 is 1.67 bits per heavy atom. The average molecular weight is 176 g/mol. The first kappa shape index (κ1) is 11.4. The van der Waals surface area contributed by atoms with Gasteiger partial charge in [0.2, 0.25) is 0 Å². The Hall–Kier alpha value is -0.650. The monoisotopic (exact) mass is 176 g/mol. The fraction of sp³-hybridized carbons (Fsp3) is 0.857. The van der Waals surface area contributed by atoms with Gasteiger partial charge in [-0.2, -0.15) is 0 Å². The molecule has 0 radical (unpaired) electrons. The van der Waals surface area contributed by atoms with Crippen LogP contribution in [0.3, 0.4) is 0 Å². The second-order valence-electron chi connectivity index (χ2n) is 2.70. The Kier molecular flexibility index (Phi) is 4.80. The van der Waals surface area contributed by atoms with Crippen LogP contribution >= 0.6 is 0 Å². The number of carbonyl (C=O) groups is 1. The largest absolute Gasteiger partial charge is 0.468 e. The van der Waals surface area contributed by atoms with E-state index in [1.807, 2.05) is 0 Å². The molecule has 5 N–H and O–H groups in total. The van der Waals surface area contributed by atoms with Crippen LogP contribution in [0.15, 0.2) is 0 Å². The van der Waals surface area contributed by atoms with Crippen molar-refractivity contribution in [3.63, 3.8) is 0 Å². The summed E-state index contributed by atoms with van der Waals surface area (Å²) in [6.45, 7) is 0.0234. The highest BCUT2D eigenvalue weighted by Crippen LogP contribution is 2.10. The van der Waals surface area contributed by atoms with Crippen molar-refractivity contribution in [3.05, 3.63) is 0 Å². The maximum atomic E-state index is 11.0. The number of hydrogen-bond acceptors (Lipinski definition) is 5. The number of methoxy groups -OCH3 is 1. The van der Waals surface area contributed by atoms with E-state index in [0.29, 0.717) is 19.4 Å². The van der Waals surface area contributed by atoms with Crippen molar-refractivity contribution in [1.29, 1.82) is 0 Å². The first-order valence-corrected chi connectivity index (χ1v) is 3.79. The summed E-state index contributed by atoms with van der Waals surface area (Å²) >= 11 is 0. The summed E-state index contributed by atoms with van der Waals surface area (Å²) in [5.41, 5.74) is 9.52. The Balaban J connectivity index is 4.13. The third kappa shape index (κ3) is 2.77. The van der Waals surface area contributed by atoms with Crippen LogP contribution < -0.4 is 11.5 Å². The number of esters is 1. The molecule has 0 aliphatic carbocycles. The number of aliphatic hydroxyl groups is 1. The molecular formula is C7H16N2O3. The molecule has 0 aliphatic rings. The molecule has 0 bridgehead atoms. The number of rotatable bonds is 5. The lowest BCUT2D eigenvalue weighted by atomic mass is 9.96. The van der Waals surface area contributed by atoms with Gasteiger partial charge in [-0.1, -0.05) is 0 Å². The maximum absolute atomic E-state index is 11.0. The van der Waals surface area contributed by atoms with Gasteiger partial charge in [-0.05, 0) is 19.4 Å². The molecular weight excluding hydrogens is 160 g/mol. The molecule has 0 rings (SSSR count). The van der Waals surface area contributed by atoms with Gasteiger partial charge in [-0.3, -0.25) is 0 Å². The van der Waals surface area contributed by atoms with E-state index in [-0.39, 0.29) is 0 Å². The fourth-order valence-electron chi connectivity index (χ4n) is 0.866. The van der Waals surface area contributed by atoms with Gasteiger partial charge in [0, 0.05) is 0 Å². The van der Waals surface area contributed by atoms with Crippen LogP contribution in [0.2, 0.25) is 0 Å². The number of ether oxygens (including phenoxy) is 1. The number of aliphatic hydroxyl groups excluding tert-OH is 1. The molecule has 5 heteroatoms. The topological polar surface area (TPSA) is 98.6 Å². The lowest BCUT2D eigenvalue weighted by molar-refractivity contribution is -0.149. The van der Waals surface area contributed by atoms with Crippen molar-refractivity contribution in [2.24, 2.45) is 11.5 Å². The predicted octanol–water partition coefficient (Wildman–Crippen LogP) is -1.41. The highest BCUT2D eigenvalue weighted by Gasteiger charge is 2.33. The van der Waals surface area contributed by atoms with Crippen LogP contribution in [0, 0.1) is 0 Å². The minimum absolute atomic E-state index is 0.340. The van der Waals surface area contributed by atoms with Crippen molar-refractivity contribution >= 4 is 5.97 Å². The standard InChI is InChI=1S/C7H16N2O3/c1-12-6(11)7(9,5-10)3-2-4-8/h10H,2-5,8-9H2,1H3/t7-/m1/s1. The zero-order chi connectivity index (χ0) is 9.61. The number of carbonyl (C=O) groups excluding carboxylic acids is 1. The molecule has 0 unspecified atom stereocenters. The SMILES string of the molecule is COC(=O)[C@](N)(CO)CCCN. The highest BCUT2D eigenvalue weighted by atomic mass is 16.5. The van der Waals surface area contributed by atoms with Crippen LogP contribution in [-0.2, 0) is 9.53 Å². The summed E-state index contributed by atoms with van der Waals surface area (Å²) in [4.78, 5) is 11.0. The second-order valence-corrected chi connectivity index (χ2v) is 2.70.